The molecular formula is C15H32N2O. The van der Waals surface area contributed by atoms with Crippen molar-refractivity contribution in [1.29, 1.82) is 0 Å². The highest BCUT2D eigenvalue weighted by molar-refractivity contribution is 5.02. The maximum absolute atomic E-state index is 5.76. The Morgan fingerprint density at radius 1 is 1.39 bits per heavy atom. The van der Waals surface area contributed by atoms with Gasteiger partial charge >= 0.3 is 0 Å². The Morgan fingerprint density at radius 3 is 2.56 bits per heavy atom. The zero-order valence-electron chi connectivity index (χ0n) is 13.1. The number of hydrogen-bond donors (Lipinski definition) is 1. The number of likely N-dealkylation sites (N-methyl/N-ethyl adjacent to an activating group) is 1. The van der Waals surface area contributed by atoms with E-state index in [1.807, 2.05) is 0 Å². The minimum Gasteiger partial charge on any atom is -0.378 e. The molecule has 0 bridgehead atoms. The lowest BCUT2D eigenvalue weighted by Gasteiger charge is -2.52. The second-order valence-corrected chi connectivity index (χ2v) is 6.25. The summed E-state index contributed by atoms with van der Waals surface area (Å²) in [6.07, 6.45) is 2.82. The van der Waals surface area contributed by atoms with Gasteiger partial charge in [0.1, 0.15) is 0 Å². The molecular weight excluding hydrogens is 224 g/mol. The molecule has 3 atom stereocenters. The molecule has 0 aromatic heterocycles. The third kappa shape index (κ3) is 3.69. The van der Waals surface area contributed by atoms with Crippen LogP contribution in [0.5, 0.6) is 0 Å². The molecule has 1 N–H and O–H groups in total. The molecule has 0 amide bonds. The largest absolute Gasteiger partial charge is 0.378 e. The summed E-state index contributed by atoms with van der Waals surface area (Å²) in [7, 11) is 2.21. The molecule has 1 fully saturated rings. The lowest BCUT2D eigenvalue weighted by molar-refractivity contribution is -0.114. The van der Waals surface area contributed by atoms with E-state index in [-0.39, 0.29) is 5.41 Å². The summed E-state index contributed by atoms with van der Waals surface area (Å²) < 4.78 is 5.76. The Kier molecular flexibility index (Phi) is 6.09. The number of ether oxygens (including phenoxy) is 1. The Hall–Kier alpha value is -0.120. The van der Waals surface area contributed by atoms with Crippen LogP contribution in [0.3, 0.4) is 0 Å². The zero-order chi connectivity index (χ0) is 13.8. The van der Waals surface area contributed by atoms with E-state index < -0.39 is 0 Å². The number of nitrogens with zero attached hydrogens (tertiary/aromatic N) is 1. The summed E-state index contributed by atoms with van der Waals surface area (Å²) >= 11 is 0. The van der Waals surface area contributed by atoms with Gasteiger partial charge in [-0.15, -0.1) is 0 Å². The van der Waals surface area contributed by atoms with Crippen molar-refractivity contribution in [3.8, 4) is 0 Å². The summed E-state index contributed by atoms with van der Waals surface area (Å²) in [5.41, 5.74) is 0.283. The van der Waals surface area contributed by atoms with E-state index in [9.17, 15) is 0 Å². The van der Waals surface area contributed by atoms with Crippen LogP contribution >= 0.6 is 0 Å². The highest BCUT2D eigenvalue weighted by Gasteiger charge is 2.48. The van der Waals surface area contributed by atoms with Crippen molar-refractivity contribution in [1.82, 2.24) is 10.2 Å². The van der Waals surface area contributed by atoms with Crippen molar-refractivity contribution >= 4 is 0 Å². The van der Waals surface area contributed by atoms with Crippen LogP contribution < -0.4 is 5.32 Å². The topological polar surface area (TPSA) is 24.5 Å². The fourth-order valence-electron chi connectivity index (χ4n) is 2.66. The van der Waals surface area contributed by atoms with Gasteiger partial charge in [0, 0.05) is 37.2 Å². The van der Waals surface area contributed by atoms with Gasteiger partial charge in [-0.2, -0.15) is 0 Å². The van der Waals surface area contributed by atoms with Gasteiger partial charge in [0.2, 0.25) is 0 Å². The summed E-state index contributed by atoms with van der Waals surface area (Å²) in [5.74, 6) is 0. The van der Waals surface area contributed by atoms with Crippen LogP contribution in [0.15, 0.2) is 0 Å². The molecule has 3 nitrogen and oxygen atoms in total. The molecule has 0 spiro atoms. The first kappa shape index (κ1) is 15.9. The predicted molar refractivity (Wildman–Crippen MR) is 78.0 cm³/mol. The number of rotatable bonds is 8. The van der Waals surface area contributed by atoms with Crippen molar-refractivity contribution in [3.05, 3.63) is 0 Å². The van der Waals surface area contributed by atoms with E-state index in [0.29, 0.717) is 18.2 Å². The smallest absolute Gasteiger partial charge is 0.0655 e. The van der Waals surface area contributed by atoms with Gasteiger partial charge in [-0.3, -0.25) is 0 Å². The summed E-state index contributed by atoms with van der Waals surface area (Å²) in [6.45, 7) is 14.3. The first-order chi connectivity index (χ1) is 8.43. The molecule has 1 aliphatic rings. The molecule has 0 aromatic rings. The van der Waals surface area contributed by atoms with Gasteiger partial charge in [-0.05, 0) is 33.7 Å². The van der Waals surface area contributed by atoms with Crippen LogP contribution in [-0.4, -0.2) is 49.8 Å². The minimum atomic E-state index is 0.283. The molecule has 0 radical (unpaired) electrons. The molecule has 0 saturated heterocycles. The van der Waals surface area contributed by atoms with Crippen LogP contribution in [0.25, 0.3) is 0 Å². The predicted octanol–water partition coefficient (Wildman–Crippen LogP) is 2.51. The lowest BCUT2D eigenvalue weighted by Crippen LogP contribution is -2.61. The minimum absolute atomic E-state index is 0.283. The molecule has 1 aliphatic carbocycles. The van der Waals surface area contributed by atoms with Crippen molar-refractivity contribution in [3.63, 3.8) is 0 Å². The first-order valence-electron chi connectivity index (χ1n) is 7.48. The highest BCUT2D eigenvalue weighted by Crippen LogP contribution is 2.42. The van der Waals surface area contributed by atoms with Crippen molar-refractivity contribution in [2.45, 2.75) is 65.6 Å². The Morgan fingerprint density at radius 2 is 2.06 bits per heavy atom. The van der Waals surface area contributed by atoms with Crippen LogP contribution in [0.1, 0.15) is 47.5 Å². The average Bonchev–Trinajstić information content (AvgIpc) is 2.35. The molecule has 108 valence electrons. The van der Waals surface area contributed by atoms with Crippen LogP contribution in [0, 0.1) is 5.41 Å². The average molecular weight is 256 g/mol. The van der Waals surface area contributed by atoms with Gasteiger partial charge in [0.05, 0.1) is 6.10 Å². The van der Waals surface area contributed by atoms with Crippen molar-refractivity contribution < 1.29 is 4.74 Å². The number of nitrogens with one attached hydrogen (secondary N) is 1. The molecule has 3 unspecified atom stereocenters. The quantitative estimate of drug-likeness (QED) is 0.722. The second-order valence-electron chi connectivity index (χ2n) is 6.25. The molecule has 1 saturated carbocycles. The fraction of sp³-hybridized carbons (Fsp3) is 1.00. The van der Waals surface area contributed by atoms with Crippen LogP contribution in [0.4, 0.5) is 0 Å². The third-order valence-electron chi connectivity index (χ3n) is 4.74. The van der Waals surface area contributed by atoms with E-state index in [1.54, 1.807) is 0 Å². The molecule has 0 heterocycles. The zero-order valence-corrected chi connectivity index (χ0v) is 13.1. The summed E-state index contributed by atoms with van der Waals surface area (Å²) in [6, 6.07) is 1.29. The van der Waals surface area contributed by atoms with Gasteiger partial charge in [-0.25, -0.2) is 0 Å². The molecule has 1 rings (SSSR count). The number of hydrogen-bond acceptors (Lipinski definition) is 3. The highest BCUT2D eigenvalue weighted by atomic mass is 16.5. The maximum atomic E-state index is 5.76. The lowest BCUT2D eigenvalue weighted by atomic mass is 9.64. The first-order valence-corrected chi connectivity index (χ1v) is 7.48. The van der Waals surface area contributed by atoms with E-state index in [0.717, 1.165) is 26.1 Å². The molecule has 0 aromatic carbocycles. The molecule has 0 aliphatic heterocycles. The van der Waals surface area contributed by atoms with E-state index in [1.165, 1.54) is 6.42 Å². The molecule has 3 heteroatoms. The third-order valence-corrected chi connectivity index (χ3v) is 4.74. The second kappa shape index (κ2) is 6.88. The molecule has 18 heavy (non-hydrogen) atoms. The standard InChI is InChI=1S/C15H32N2O/c1-7-12(3)17(6)10-9-16-13-11-14(18-8-2)15(13,4)5/h12-14,16H,7-11H2,1-6H3. The summed E-state index contributed by atoms with van der Waals surface area (Å²) in [5, 5.41) is 3.69. The van der Waals surface area contributed by atoms with Crippen LogP contribution in [-0.2, 0) is 4.74 Å². The van der Waals surface area contributed by atoms with E-state index in [4.69, 9.17) is 4.74 Å². The van der Waals surface area contributed by atoms with E-state index in [2.05, 4.69) is 51.9 Å². The monoisotopic (exact) mass is 256 g/mol. The van der Waals surface area contributed by atoms with Crippen molar-refractivity contribution in [2.24, 2.45) is 5.41 Å². The normalized spacial score (nSPS) is 28.2. The van der Waals surface area contributed by atoms with Gasteiger partial charge in [-0.1, -0.05) is 20.8 Å². The SMILES string of the molecule is CCOC1CC(NCCN(C)C(C)CC)C1(C)C. The van der Waals surface area contributed by atoms with E-state index >= 15 is 0 Å². The van der Waals surface area contributed by atoms with Gasteiger partial charge in [0.25, 0.3) is 0 Å². The summed E-state index contributed by atoms with van der Waals surface area (Å²) in [4.78, 5) is 2.43. The maximum Gasteiger partial charge on any atom is 0.0655 e. The van der Waals surface area contributed by atoms with Gasteiger partial charge in [0.15, 0.2) is 0 Å². The van der Waals surface area contributed by atoms with Gasteiger partial charge < -0.3 is 15.0 Å². The van der Waals surface area contributed by atoms with Crippen LogP contribution in [0.2, 0.25) is 0 Å². The Bertz CT molecular complexity index is 243. The fourth-order valence-corrected chi connectivity index (χ4v) is 2.66. The Labute approximate surface area is 113 Å². The van der Waals surface area contributed by atoms with Crippen molar-refractivity contribution in [2.75, 3.05) is 26.7 Å². The Balaban J connectivity index is 2.22.